The van der Waals surface area contributed by atoms with Crippen molar-refractivity contribution < 1.29 is 4.79 Å². The lowest BCUT2D eigenvalue weighted by atomic mass is 9.82. The summed E-state index contributed by atoms with van der Waals surface area (Å²) in [7, 11) is 0. The van der Waals surface area contributed by atoms with E-state index in [-0.39, 0.29) is 11.9 Å². The van der Waals surface area contributed by atoms with Gasteiger partial charge in [-0.05, 0) is 30.9 Å². The van der Waals surface area contributed by atoms with Gasteiger partial charge in [-0.1, -0.05) is 18.9 Å². The summed E-state index contributed by atoms with van der Waals surface area (Å²) in [6.07, 6.45) is 7.07. The number of pyridine rings is 1. The molecule has 0 aromatic carbocycles. The molecule has 0 bridgehead atoms. The third-order valence-electron chi connectivity index (χ3n) is 5.01. The minimum atomic E-state index is 0.215. The fourth-order valence-corrected chi connectivity index (χ4v) is 3.57. The number of anilines is 1. The number of hydrogen-bond donors (Lipinski definition) is 1. The third kappa shape index (κ3) is 3.58. The van der Waals surface area contributed by atoms with Crippen LogP contribution < -0.4 is 10.6 Å². The molecular formula is C17H26N4O. The summed E-state index contributed by atoms with van der Waals surface area (Å²) in [6.45, 7) is 3.30. The van der Waals surface area contributed by atoms with Crippen molar-refractivity contribution in [1.29, 1.82) is 0 Å². The Morgan fingerprint density at radius 3 is 2.64 bits per heavy atom. The second kappa shape index (κ2) is 7.09. The Hall–Kier alpha value is -1.62. The molecule has 22 heavy (non-hydrogen) atoms. The number of carbonyl (C=O) groups excluding carboxylic acids is 1. The van der Waals surface area contributed by atoms with Gasteiger partial charge < -0.3 is 15.5 Å². The van der Waals surface area contributed by atoms with Gasteiger partial charge in [0.15, 0.2) is 0 Å². The van der Waals surface area contributed by atoms with E-state index in [1.165, 1.54) is 12.8 Å². The number of hydrogen-bond acceptors (Lipinski definition) is 4. The molecule has 1 saturated heterocycles. The first-order chi connectivity index (χ1) is 10.7. The third-order valence-corrected chi connectivity index (χ3v) is 5.01. The van der Waals surface area contributed by atoms with Crippen molar-refractivity contribution in [2.75, 3.05) is 31.1 Å². The number of rotatable bonds is 3. The molecule has 2 heterocycles. The van der Waals surface area contributed by atoms with Crippen LogP contribution in [0, 0.1) is 5.92 Å². The van der Waals surface area contributed by atoms with Gasteiger partial charge in [-0.15, -0.1) is 0 Å². The first kappa shape index (κ1) is 15.3. The van der Waals surface area contributed by atoms with E-state index in [1.807, 2.05) is 29.3 Å². The summed E-state index contributed by atoms with van der Waals surface area (Å²) in [4.78, 5) is 21.1. The van der Waals surface area contributed by atoms with Crippen LogP contribution in [0.5, 0.6) is 0 Å². The van der Waals surface area contributed by atoms with Gasteiger partial charge >= 0.3 is 0 Å². The van der Waals surface area contributed by atoms with Crippen molar-refractivity contribution in [2.24, 2.45) is 11.7 Å². The van der Waals surface area contributed by atoms with Crippen molar-refractivity contribution in [3.63, 3.8) is 0 Å². The monoisotopic (exact) mass is 302 g/mol. The average Bonchev–Trinajstić information content (AvgIpc) is 2.58. The van der Waals surface area contributed by atoms with Crippen molar-refractivity contribution in [2.45, 2.75) is 38.1 Å². The van der Waals surface area contributed by atoms with E-state index in [9.17, 15) is 4.79 Å². The van der Waals surface area contributed by atoms with E-state index in [0.717, 1.165) is 44.8 Å². The Labute approximate surface area is 132 Å². The minimum Gasteiger partial charge on any atom is -0.353 e. The van der Waals surface area contributed by atoms with Crippen LogP contribution >= 0.6 is 0 Å². The molecule has 2 unspecified atom stereocenters. The lowest BCUT2D eigenvalue weighted by Crippen LogP contribution is -2.50. The van der Waals surface area contributed by atoms with Gasteiger partial charge in [-0.3, -0.25) is 4.79 Å². The highest BCUT2D eigenvalue weighted by Gasteiger charge is 2.28. The number of nitrogens with zero attached hydrogens (tertiary/aromatic N) is 3. The molecule has 1 amide bonds. The Morgan fingerprint density at radius 1 is 1.18 bits per heavy atom. The maximum absolute atomic E-state index is 12.5. The summed E-state index contributed by atoms with van der Waals surface area (Å²) in [6, 6.07) is 6.17. The minimum absolute atomic E-state index is 0.215. The average molecular weight is 302 g/mol. The largest absolute Gasteiger partial charge is 0.353 e. The van der Waals surface area contributed by atoms with E-state index < -0.39 is 0 Å². The lowest BCUT2D eigenvalue weighted by molar-refractivity contribution is -0.132. The van der Waals surface area contributed by atoms with Crippen molar-refractivity contribution in [3.05, 3.63) is 24.4 Å². The molecule has 2 fully saturated rings. The predicted octanol–water partition coefficient (Wildman–Crippen LogP) is 1.64. The van der Waals surface area contributed by atoms with Gasteiger partial charge in [0.2, 0.25) is 5.91 Å². The van der Waals surface area contributed by atoms with Gasteiger partial charge in [-0.25, -0.2) is 4.98 Å². The summed E-state index contributed by atoms with van der Waals surface area (Å²) in [5.74, 6) is 1.67. The van der Waals surface area contributed by atoms with E-state index >= 15 is 0 Å². The summed E-state index contributed by atoms with van der Waals surface area (Å²) in [5.41, 5.74) is 6.17. The molecule has 2 aliphatic rings. The fourth-order valence-electron chi connectivity index (χ4n) is 3.57. The van der Waals surface area contributed by atoms with E-state index in [2.05, 4.69) is 9.88 Å². The van der Waals surface area contributed by atoms with Crippen LogP contribution in [-0.2, 0) is 4.79 Å². The molecule has 5 heteroatoms. The zero-order chi connectivity index (χ0) is 15.4. The highest BCUT2D eigenvalue weighted by atomic mass is 16.2. The van der Waals surface area contributed by atoms with Crippen LogP contribution in [0.25, 0.3) is 0 Å². The molecule has 1 saturated carbocycles. The summed E-state index contributed by atoms with van der Waals surface area (Å²) >= 11 is 0. The quantitative estimate of drug-likeness (QED) is 0.922. The first-order valence-corrected chi connectivity index (χ1v) is 8.43. The Morgan fingerprint density at radius 2 is 1.95 bits per heavy atom. The zero-order valence-corrected chi connectivity index (χ0v) is 13.2. The first-order valence-electron chi connectivity index (χ1n) is 8.43. The number of aromatic nitrogens is 1. The second-order valence-corrected chi connectivity index (χ2v) is 6.47. The molecule has 1 aliphatic carbocycles. The van der Waals surface area contributed by atoms with Crippen LogP contribution in [0.2, 0.25) is 0 Å². The van der Waals surface area contributed by atoms with E-state index in [1.54, 1.807) is 0 Å². The lowest BCUT2D eigenvalue weighted by Gasteiger charge is -2.37. The number of amides is 1. The maximum Gasteiger partial charge on any atom is 0.223 e. The van der Waals surface area contributed by atoms with Crippen LogP contribution in [0.4, 0.5) is 5.82 Å². The van der Waals surface area contributed by atoms with Crippen LogP contribution in [0.15, 0.2) is 24.4 Å². The van der Waals surface area contributed by atoms with Crippen molar-refractivity contribution in [3.8, 4) is 0 Å². The van der Waals surface area contributed by atoms with Crippen molar-refractivity contribution >= 4 is 11.7 Å². The normalized spacial score (nSPS) is 26.0. The molecule has 2 N–H and O–H groups in total. The molecule has 0 radical (unpaired) electrons. The Bertz CT molecular complexity index is 485. The smallest absolute Gasteiger partial charge is 0.223 e. The molecule has 2 atom stereocenters. The fraction of sp³-hybridized carbons (Fsp3) is 0.647. The van der Waals surface area contributed by atoms with E-state index in [0.29, 0.717) is 12.3 Å². The molecule has 1 aromatic heterocycles. The van der Waals surface area contributed by atoms with Gasteiger partial charge in [0, 0.05) is 44.8 Å². The molecule has 3 rings (SSSR count). The van der Waals surface area contributed by atoms with Crippen molar-refractivity contribution in [1.82, 2.24) is 9.88 Å². The summed E-state index contributed by atoms with van der Waals surface area (Å²) < 4.78 is 0. The molecule has 1 aromatic rings. The predicted molar refractivity (Wildman–Crippen MR) is 87.6 cm³/mol. The van der Waals surface area contributed by atoms with Crippen LogP contribution in [-0.4, -0.2) is 48.0 Å². The number of piperazine rings is 1. The van der Waals surface area contributed by atoms with Gasteiger partial charge in [0.05, 0.1) is 0 Å². The molecule has 0 spiro atoms. The Kier molecular flexibility index (Phi) is 4.93. The van der Waals surface area contributed by atoms with Crippen LogP contribution in [0.3, 0.4) is 0 Å². The number of nitrogens with two attached hydrogens (primary N) is 1. The summed E-state index contributed by atoms with van der Waals surface area (Å²) in [5, 5.41) is 0. The van der Waals surface area contributed by atoms with Gasteiger partial charge in [-0.2, -0.15) is 0 Å². The number of carbonyl (C=O) groups is 1. The molecular weight excluding hydrogens is 276 g/mol. The molecule has 1 aliphatic heterocycles. The highest BCUT2D eigenvalue weighted by Crippen LogP contribution is 2.26. The topological polar surface area (TPSA) is 62.5 Å². The zero-order valence-electron chi connectivity index (χ0n) is 13.2. The van der Waals surface area contributed by atoms with Crippen LogP contribution in [0.1, 0.15) is 32.1 Å². The highest BCUT2D eigenvalue weighted by molar-refractivity contribution is 5.76. The van der Waals surface area contributed by atoms with Gasteiger partial charge in [0.25, 0.3) is 0 Å². The Balaban J connectivity index is 1.49. The standard InChI is InChI=1S/C17H26N4O/c18-15-6-2-1-5-14(15)13-17(22)21-11-9-20(10-12-21)16-7-3-4-8-19-16/h3-4,7-8,14-15H,1-2,5-6,9-13,18H2. The molecule has 5 nitrogen and oxygen atoms in total. The van der Waals surface area contributed by atoms with Gasteiger partial charge in [0.1, 0.15) is 5.82 Å². The SMILES string of the molecule is NC1CCCCC1CC(=O)N1CCN(c2ccccn2)CC1. The maximum atomic E-state index is 12.5. The van der Waals surface area contributed by atoms with E-state index in [4.69, 9.17) is 5.73 Å². The molecule has 120 valence electrons. The second-order valence-electron chi connectivity index (χ2n) is 6.47.